The maximum atomic E-state index is 11.6. The second kappa shape index (κ2) is 5.05. The van der Waals surface area contributed by atoms with Crippen LogP contribution in [0.1, 0.15) is 16.2 Å². The van der Waals surface area contributed by atoms with Crippen molar-refractivity contribution in [2.75, 3.05) is 7.11 Å². The molecule has 92 valence electrons. The Morgan fingerprint density at radius 3 is 2.50 bits per heavy atom. The Kier molecular flexibility index (Phi) is 3.47. The van der Waals surface area contributed by atoms with E-state index in [0.717, 1.165) is 0 Å². The molecule has 0 fully saturated rings. The van der Waals surface area contributed by atoms with Gasteiger partial charge in [-0.25, -0.2) is 4.79 Å². The van der Waals surface area contributed by atoms with E-state index < -0.39 is 5.97 Å². The highest BCUT2D eigenvalue weighted by Gasteiger charge is 2.16. The van der Waals surface area contributed by atoms with Crippen LogP contribution in [0, 0.1) is 6.92 Å². The first kappa shape index (κ1) is 12.4. The Bertz CT molecular complexity index is 586. The number of carbonyl (C=O) groups excluding carboxylic acids is 1. The summed E-state index contributed by atoms with van der Waals surface area (Å²) in [5.41, 5.74) is 0.753. The van der Waals surface area contributed by atoms with E-state index in [-0.39, 0.29) is 5.82 Å². The zero-order chi connectivity index (χ0) is 13.1. The lowest BCUT2D eigenvalue weighted by molar-refractivity contribution is 0.0601. The molecule has 0 N–H and O–H groups in total. The number of carbonyl (C=O) groups is 1. The summed E-state index contributed by atoms with van der Waals surface area (Å²) < 4.78 is 4.68. The lowest BCUT2D eigenvalue weighted by Gasteiger charge is -2.06. The molecule has 1 aromatic heterocycles. The van der Waals surface area contributed by atoms with Crippen LogP contribution in [0.3, 0.4) is 0 Å². The number of hydrogen-bond acceptors (Lipinski definition) is 6. The second-order valence-electron chi connectivity index (χ2n) is 3.45. The highest BCUT2D eigenvalue weighted by Crippen LogP contribution is 2.24. The van der Waals surface area contributed by atoms with Crippen molar-refractivity contribution >= 4 is 17.6 Å². The second-order valence-corrected chi connectivity index (χ2v) is 3.89. The average Bonchev–Trinajstić information content (AvgIpc) is 2.38. The van der Waals surface area contributed by atoms with Gasteiger partial charge in [-0.2, -0.15) is 0 Å². The lowest BCUT2D eigenvalue weighted by atomic mass is 10.1. The van der Waals surface area contributed by atoms with Crippen LogP contribution in [0.2, 0.25) is 5.02 Å². The quantitative estimate of drug-likeness (QED) is 0.768. The van der Waals surface area contributed by atoms with Crippen LogP contribution in [0.4, 0.5) is 0 Å². The van der Waals surface area contributed by atoms with Gasteiger partial charge >= 0.3 is 5.97 Å². The Morgan fingerprint density at radius 2 is 1.89 bits per heavy atom. The molecule has 0 saturated heterocycles. The zero-order valence-corrected chi connectivity index (χ0v) is 10.5. The van der Waals surface area contributed by atoms with Crippen molar-refractivity contribution in [3.05, 3.63) is 34.6 Å². The van der Waals surface area contributed by atoms with Gasteiger partial charge in [-0.15, -0.1) is 20.4 Å². The summed E-state index contributed by atoms with van der Waals surface area (Å²) in [5, 5.41) is 15.8. The van der Waals surface area contributed by atoms with E-state index in [1.54, 1.807) is 25.1 Å². The van der Waals surface area contributed by atoms with E-state index in [4.69, 9.17) is 11.6 Å². The third kappa shape index (κ3) is 2.43. The van der Waals surface area contributed by atoms with Gasteiger partial charge in [0.05, 0.1) is 12.7 Å². The van der Waals surface area contributed by atoms with Gasteiger partial charge in [0.1, 0.15) is 0 Å². The number of aryl methyl sites for hydroxylation is 1. The average molecular weight is 265 g/mol. The van der Waals surface area contributed by atoms with E-state index in [2.05, 4.69) is 25.1 Å². The SMILES string of the molecule is COC(=O)c1ccc(Cl)cc1-c1nnc(C)nn1. The number of rotatable bonds is 2. The molecule has 0 amide bonds. The molecule has 6 nitrogen and oxygen atoms in total. The zero-order valence-electron chi connectivity index (χ0n) is 9.72. The molecule has 0 aliphatic carbocycles. The van der Waals surface area contributed by atoms with Crippen molar-refractivity contribution in [3.63, 3.8) is 0 Å². The van der Waals surface area contributed by atoms with Gasteiger partial charge in [0.15, 0.2) is 5.82 Å². The highest BCUT2D eigenvalue weighted by molar-refractivity contribution is 6.31. The monoisotopic (exact) mass is 264 g/mol. The number of ether oxygens (including phenoxy) is 1. The molecule has 0 aliphatic rings. The van der Waals surface area contributed by atoms with Crippen LogP contribution < -0.4 is 0 Å². The van der Waals surface area contributed by atoms with Crippen molar-refractivity contribution < 1.29 is 9.53 Å². The van der Waals surface area contributed by atoms with E-state index in [0.29, 0.717) is 22.0 Å². The van der Waals surface area contributed by atoms with Crippen molar-refractivity contribution in [1.29, 1.82) is 0 Å². The van der Waals surface area contributed by atoms with E-state index in [1.807, 2.05) is 0 Å². The summed E-state index contributed by atoms with van der Waals surface area (Å²) >= 11 is 5.90. The summed E-state index contributed by atoms with van der Waals surface area (Å²) in [7, 11) is 1.30. The molecular formula is C11H9ClN4O2. The molecule has 18 heavy (non-hydrogen) atoms. The predicted molar refractivity (Wildman–Crippen MR) is 64.1 cm³/mol. The van der Waals surface area contributed by atoms with Crippen LogP contribution >= 0.6 is 11.6 Å². The molecule has 7 heteroatoms. The van der Waals surface area contributed by atoms with Gasteiger partial charge in [0, 0.05) is 10.6 Å². The van der Waals surface area contributed by atoms with E-state index in [9.17, 15) is 4.79 Å². The number of aromatic nitrogens is 4. The largest absolute Gasteiger partial charge is 0.465 e. The smallest absolute Gasteiger partial charge is 0.338 e. The van der Waals surface area contributed by atoms with Gasteiger partial charge in [-0.3, -0.25) is 0 Å². The van der Waals surface area contributed by atoms with E-state index in [1.165, 1.54) is 7.11 Å². The Balaban J connectivity index is 2.57. The molecule has 0 atom stereocenters. The van der Waals surface area contributed by atoms with Crippen LogP contribution in [0.15, 0.2) is 18.2 Å². The first-order valence-corrected chi connectivity index (χ1v) is 5.42. The van der Waals surface area contributed by atoms with Gasteiger partial charge in [0.2, 0.25) is 5.82 Å². The minimum absolute atomic E-state index is 0.225. The van der Waals surface area contributed by atoms with Crippen LogP contribution in [-0.4, -0.2) is 33.5 Å². The van der Waals surface area contributed by atoms with Gasteiger partial charge in [0.25, 0.3) is 0 Å². The molecule has 0 saturated carbocycles. The van der Waals surface area contributed by atoms with Crippen LogP contribution in [0.5, 0.6) is 0 Å². The molecule has 2 rings (SSSR count). The number of methoxy groups -OCH3 is 1. The van der Waals surface area contributed by atoms with Gasteiger partial charge in [-0.1, -0.05) is 11.6 Å². The molecule has 2 aromatic rings. The number of halogens is 1. The fourth-order valence-electron chi connectivity index (χ4n) is 1.38. The molecule has 0 aliphatic heterocycles. The van der Waals surface area contributed by atoms with E-state index >= 15 is 0 Å². The first-order valence-electron chi connectivity index (χ1n) is 5.04. The summed E-state index contributed by atoms with van der Waals surface area (Å²) in [5.74, 6) is 0.176. The molecule has 0 spiro atoms. The number of esters is 1. The fraction of sp³-hybridized carbons (Fsp3) is 0.182. The number of hydrogen-bond donors (Lipinski definition) is 0. The Labute approximate surface area is 108 Å². The standard InChI is InChI=1S/C11H9ClN4O2/c1-6-13-15-10(16-14-6)9-5-7(12)3-4-8(9)11(17)18-2/h3-5H,1-2H3. The van der Waals surface area contributed by atoms with Crippen LogP contribution in [-0.2, 0) is 4.74 Å². The maximum absolute atomic E-state index is 11.6. The van der Waals surface area contributed by atoms with Gasteiger partial charge < -0.3 is 4.74 Å². The minimum Gasteiger partial charge on any atom is -0.465 e. The van der Waals surface area contributed by atoms with Crippen molar-refractivity contribution in [2.24, 2.45) is 0 Å². The van der Waals surface area contributed by atoms with Crippen molar-refractivity contribution in [1.82, 2.24) is 20.4 Å². The molecule has 0 unspecified atom stereocenters. The van der Waals surface area contributed by atoms with Crippen molar-refractivity contribution in [2.45, 2.75) is 6.92 Å². The molecular weight excluding hydrogens is 256 g/mol. The maximum Gasteiger partial charge on any atom is 0.338 e. The lowest BCUT2D eigenvalue weighted by Crippen LogP contribution is -2.06. The summed E-state index contributed by atoms with van der Waals surface area (Å²) in [6.07, 6.45) is 0. The molecule has 0 bridgehead atoms. The van der Waals surface area contributed by atoms with Gasteiger partial charge in [-0.05, 0) is 25.1 Å². The summed E-state index contributed by atoms with van der Waals surface area (Å²) in [4.78, 5) is 11.6. The minimum atomic E-state index is -0.495. The van der Waals surface area contributed by atoms with Crippen LogP contribution in [0.25, 0.3) is 11.4 Å². The predicted octanol–water partition coefficient (Wildman–Crippen LogP) is 1.68. The number of nitrogens with zero attached hydrogens (tertiary/aromatic N) is 4. The first-order chi connectivity index (χ1) is 8.61. The topological polar surface area (TPSA) is 77.9 Å². The normalized spacial score (nSPS) is 10.2. The molecule has 1 aromatic carbocycles. The third-order valence-corrected chi connectivity index (χ3v) is 2.44. The fourth-order valence-corrected chi connectivity index (χ4v) is 1.55. The third-order valence-electron chi connectivity index (χ3n) is 2.21. The van der Waals surface area contributed by atoms with Crippen molar-refractivity contribution in [3.8, 4) is 11.4 Å². The summed E-state index contributed by atoms with van der Waals surface area (Å²) in [6, 6.07) is 4.71. The Morgan fingerprint density at radius 1 is 1.22 bits per heavy atom. The molecule has 0 radical (unpaired) electrons. The highest BCUT2D eigenvalue weighted by atomic mass is 35.5. The molecule has 1 heterocycles. The number of benzene rings is 1. The summed E-state index contributed by atoms with van der Waals surface area (Å²) in [6.45, 7) is 1.67. The Hall–Kier alpha value is -2.08.